The molecule has 23 heavy (non-hydrogen) atoms. The third-order valence-electron chi connectivity index (χ3n) is 4.13. The van der Waals surface area contributed by atoms with Crippen molar-refractivity contribution >= 4 is 0 Å². The number of aromatic nitrogens is 2. The molecule has 0 bridgehead atoms. The molecule has 116 valence electrons. The highest BCUT2D eigenvalue weighted by molar-refractivity contribution is 5.15. The fourth-order valence-corrected chi connectivity index (χ4v) is 2.92. The van der Waals surface area contributed by atoms with Crippen molar-refractivity contribution < 1.29 is 0 Å². The molecule has 3 rings (SSSR count). The number of benzene rings is 1. The summed E-state index contributed by atoms with van der Waals surface area (Å²) >= 11 is 0. The van der Waals surface area contributed by atoms with E-state index in [2.05, 4.69) is 64.6 Å². The number of hydrogen-bond donors (Lipinski definition) is 0. The highest BCUT2D eigenvalue weighted by atomic mass is 14.7. The van der Waals surface area contributed by atoms with E-state index >= 15 is 0 Å². The lowest BCUT2D eigenvalue weighted by Gasteiger charge is -2.16. The second-order valence-corrected chi connectivity index (χ2v) is 5.94. The van der Waals surface area contributed by atoms with Crippen LogP contribution >= 0.6 is 0 Å². The van der Waals surface area contributed by atoms with Crippen molar-refractivity contribution in [2.75, 3.05) is 0 Å². The Balaban J connectivity index is 1.67. The van der Waals surface area contributed by atoms with Gasteiger partial charge in [-0.1, -0.05) is 42.5 Å². The number of nitrogens with zero attached hydrogens (tertiary/aromatic N) is 2. The zero-order valence-electron chi connectivity index (χ0n) is 13.3. The summed E-state index contributed by atoms with van der Waals surface area (Å²) < 4.78 is 0. The summed E-state index contributed by atoms with van der Waals surface area (Å²) in [5.41, 5.74) is 3.74. The first-order valence-corrected chi connectivity index (χ1v) is 8.24. The first kappa shape index (κ1) is 15.4. The van der Waals surface area contributed by atoms with E-state index in [1.54, 1.807) is 0 Å². The average molecular weight is 302 g/mol. The van der Waals surface area contributed by atoms with E-state index < -0.39 is 0 Å². The molecule has 0 spiro atoms. The van der Waals surface area contributed by atoms with Gasteiger partial charge in [0.15, 0.2) is 0 Å². The molecule has 2 heteroatoms. The maximum absolute atomic E-state index is 4.49. The van der Waals surface area contributed by atoms with Crippen LogP contribution in [-0.2, 0) is 19.3 Å². The zero-order valence-corrected chi connectivity index (χ0v) is 13.3. The molecule has 0 fully saturated rings. The summed E-state index contributed by atoms with van der Waals surface area (Å²) in [5, 5.41) is 0. The Bertz CT molecular complexity index is 639. The van der Waals surface area contributed by atoms with Crippen LogP contribution in [0.2, 0.25) is 0 Å². The standard InChI is InChI=1S/C21H22N2/c1-2-8-18(9-3-1)12-13-19(16-20-10-4-6-14-22-20)17-21-11-5-7-15-23-21/h1-11,14-15,19H,12-13,16-17H2. The van der Waals surface area contributed by atoms with E-state index in [-0.39, 0.29) is 0 Å². The largest absolute Gasteiger partial charge is 0.261 e. The maximum Gasteiger partial charge on any atom is 0.0406 e. The maximum atomic E-state index is 4.49. The second kappa shape index (κ2) is 8.23. The van der Waals surface area contributed by atoms with Gasteiger partial charge in [-0.3, -0.25) is 9.97 Å². The monoisotopic (exact) mass is 302 g/mol. The summed E-state index contributed by atoms with van der Waals surface area (Å²) in [6.45, 7) is 0. The first-order valence-electron chi connectivity index (χ1n) is 8.24. The predicted molar refractivity (Wildman–Crippen MR) is 94.1 cm³/mol. The molecule has 2 aromatic heterocycles. The minimum Gasteiger partial charge on any atom is -0.261 e. The Morgan fingerprint density at radius 3 is 1.74 bits per heavy atom. The van der Waals surface area contributed by atoms with Crippen LogP contribution in [0.25, 0.3) is 0 Å². The minimum absolute atomic E-state index is 0.556. The zero-order chi connectivity index (χ0) is 15.7. The fraction of sp³-hybridized carbons (Fsp3) is 0.238. The van der Waals surface area contributed by atoms with E-state index in [0.29, 0.717) is 5.92 Å². The topological polar surface area (TPSA) is 25.8 Å². The average Bonchev–Trinajstić information content (AvgIpc) is 2.62. The normalized spacial score (nSPS) is 10.8. The molecule has 0 amide bonds. The van der Waals surface area contributed by atoms with E-state index in [9.17, 15) is 0 Å². The lowest BCUT2D eigenvalue weighted by Crippen LogP contribution is -2.11. The molecule has 0 aliphatic carbocycles. The van der Waals surface area contributed by atoms with Gasteiger partial charge in [-0.25, -0.2) is 0 Å². The lowest BCUT2D eigenvalue weighted by molar-refractivity contribution is 0.470. The molecular weight excluding hydrogens is 280 g/mol. The van der Waals surface area contributed by atoms with Gasteiger partial charge in [0, 0.05) is 23.8 Å². The molecule has 0 saturated carbocycles. The molecule has 0 aliphatic rings. The van der Waals surface area contributed by atoms with Crippen molar-refractivity contribution in [2.45, 2.75) is 25.7 Å². The van der Waals surface area contributed by atoms with Gasteiger partial charge in [-0.15, -0.1) is 0 Å². The van der Waals surface area contributed by atoms with E-state index in [1.807, 2.05) is 24.5 Å². The van der Waals surface area contributed by atoms with Gasteiger partial charge in [0.2, 0.25) is 0 Å². The molecule has 1 aromatic carbocycles. The fourth-order valence-electron chi connectivity index (χ4n) is 2.92. The number of pyridine rings is 2. The molecule has 2 nitrogen and oxygen atoms in total. The van der Waals surface area contributed by atoms with Crippen molar-refractivity contribution in [1.29, 1.82) is 0 Å². The van der Waals surface area contributed by atoms with Crippen LogP contribution in [0, 0.1) is 5.92 Å². The second-order valence-electron chi connectivity index (χ2n) is 5.94. The Labute approximate surface area is 138 Å². The van der Waals surface area contributed by atoms with Crippen molar-refractivity contribution in [3.05, 3.63) is 96.1 Å². The van der Waals surface area contributed by atoms with Gasteiger partial charge in [0.25, 0.3) is 0 Å². The van der Waals surface area contributed by atoms with Crippen molar-refractivity contribution in [3.8, 4) is 0 Å². The van der Waals surface area contributed by atoms with Crippen LogP contribution in [0.3, 0.4) is 0 Å². The van der Waals surface area contributed by atoms with E-state index in [4.69, 9.17) is 0 Å². The van der Waals surface area contributed by atoms with Gasteiger partial charge >= 0.3 is 0 Å². The van der Waals surface area contributed by atoms with Gasteiger partial charge in [0.05, 0.1) is 0 Å². The van der Waals surface area contributed by atoms with Crippen molar-refractivity contribution in [2.24, 2.45) is 5.92 Å². The molecule has 0 aliphatic heterocycles. The molecular formula is C21H22N2. The van der Waals surface area contributed by atoms with Gasteiger partial charge in [-0.05, 0) is 61.4 Å². The van der Waals surface area contributed by atoms with Crippen LogP contribution in [0.15, 0.2) is 79.1 Å². The van der Waals surface area contributed by atoms with Crippen LogP contribution in [0.1, 0.15) is 23.4 Å². The number of hydrogen-bond acceptors (Lipinski definition) is 2. The molecule has 2 heterocycles. The van der Waals surface area contributed by atoms with Crippen LogP contribution in [0.5, 0.6) is 0 Å². The van der Waals surface area contributed by atoms with Crippen LogP contribution in [0.4, 0.5) is 0 Å². The number of aryl methyl sites for hydroxylation is 1. The predicted octanol–water partition coefficient (Wildman–Crippen LogP) is 4.51. The van der Waals surface area contributed by atoms with Gasteiger partial charge in [-0.2, -0.15) is 0 Å². The number of rotatable bonds is 7. The SMILES string of the molecule is c1ccc(CCC(Cc2ccccn2)Cc2ccccn2)cc1. The molecule has 0 radical (unpaired) electrons. The molecule has 0 atom stereocenters. The highest BCUT2D eigenvalue weighted by Gasteiger charge is 2.12. The molecule has 0 unspecified atom stereocenters. The summed E-state index contributed by atoms with van der Waals surface area (Å²) in [6.07, 6.45) is 8.02. The molecule has 0 N–H and O–H groups in total. The van der Waals surface area contributed by atoms with E-state index in [1.165, 1.54) is 17.0 Å². The van der Waals surface area contributed by atoms with Crippen LogP contribution in [-0.4, -0.2) is 9.97 Å². The summed E-state index contributed by atoms with van der Waals surface area (Å²) in [5.74, 6) is 0.556. The molecule has 3 aromatic rings. The molecule has 0 saturated heterocycles. The summed E-state index contributed by atoms with van der Waals surface area (Å²) in [6, 6.07) is 23.0. The Hall–Kier alpha value is -2.48. The van der Waals surface area contributed by atoms with E-state index in [0.717, 1.165) is 25.7 Å². The third kappa shape index (κ3) is 5.03. The Morgan fingerprint density at radius 2 is 1.22 bits per heavy atom. The van der Waals surface area contributed by atoms with Gasteiger partial charge < -0.3 is 0 Å². The van der Waals surface area contributed by atoms with Crippen molar-refractivity contribution in [1.82, 2.24) is 9.97 Å². The van der Waals surface area contributed by atoms with Crippen molar-refractivity contribution in [3.63, 3.8) is 0 Å². The third-order valence-corrected chi connectivity index (χ3v) is 4.13. The first-order chi connectivity index (χ1) is 11.4. The Kier molecular flexibility index (Phi) is 5.52. The van der Waals surface area contributed by atoms with Crippen LogP contribution < -0.4 is 0 Å². The smallest absolute Gasteiger partial charge is 0.0406 e. The Morgan fingerprint density at radius 1 is 0.652 bits per heavy atom. The highest BCUT2D eigenvalue weighted by Crippen LogP contribution is 2.18. The minimum atomic E-state index is 0.556. The quantitative estimate of drug-likeness (QED) is 0.641. The lowest BCUT2D eigenvalue weighted by atomic mass is 9.90. The summed E-state index contributed by atoms with van der Waals surface area (Å²) in [4.78, 5) is 8.99. The summed E-state index contributed by atoms with van der Waals surface area (Å²) in [7, 11) is 0. The van der Waals surface area contributed by atoms with Gasteiger partial charge in [0.1, 0.15) is 0 Å².